The molecule has 0 amide bonds. The summed E-state index contributed by atoms with van der Waals surface area (Å²) >= 11 is 0. The zero-order valence-electron chi connectivity index (χ0n) is 13.1. The van der Waals surface area contributed by atoms with Crippen LogP contribution in [-0.4, -0.2) is 21.3 Å². The predicted molar refractivity (Wildman–Crippen MR) is 90.7 cm³/mol. The van der Waals surface area contributed by atoms with Crippen molar-refractivity contribution in [3.8, 4) is 11.5 Å². The van der Waals surface area contributed by atoms with Gasteiger partial charge in [0.15, 0.2) is 0 Å². The summed E-state index contributed by atoms with van der Waals surface area (Å²) in [6.45, 7) is 0. The molecule has 5 nitrogen and oxygen atoms in total. The average molecular weight is 332 g/mol. The van der Waals surface area contributed by atoms with E-state index >= 15 is 0 Å². The van der Waals surface area contributed by atoms with Crippen molar-refractivity contribution in [2.75, 3.05) is 21.3 Å². The van der Waals surface area contributed by atoms with Gasteiger partial charge in [0, 0.05) is 0 Å². The molecule has 0 aliphatic carbocycles. The third-order valence-electron chi connectivity index (χ3n) is 4.21. The molecule has 23 heavy (non-hydrogen) atoms. The third kappa shape index (κ3) is 1.82. The molecule has 0 unspecified atom stereocenters. The maximum absolute atomic E-state index is 6.09. The molecule has 0 N–H and O–H groups in total. The van der Waals surface area contributed by atoms with Crippen molar-refractivity contribution in [1.82, 2.24) is 0 Å². The van der Waals surface area contributed by atoms with Crippen LogP contribution in [0.5, 0.6) is 11.5 Å². The van der Waals surface area contributed by atoms with Crippen molar-refractivity contribution in [2.24, 2.45) is 0 Å². The summed E-state index contributed by atoms with van der Waals surface area (Å²) in [4.78, 5) is 0. The summed E-state index contributed by atoms with van der Waals surface area (Å²) < 4.78 is 28.7. The second kappa shape index (κ2) is 4.79. The van der Waals surface area contributed by atoms with Crippen molar-refractivity contribution in [1.29, 1.82) is 0 Å². The van der Waals surface area contributed by atoms with E-state index in [1.807, 2.05) is 36.4 Å². The number of rotatable bonds is 3. The van der Waals surface area contributed by atoms with E-state index in [4.69, 9.17) is 22.6 Å². The van der Waals surface area contributed by atoms with Crippen LogP contribution in [0.1, 0.15) is 0 Å². The second-order valence-corrected chi connectivity index (χ2v) is 8.18. The molecule has 120 valence electrons. The Morgan fingerprint density at radius 2 is 0.957 bits per heavy atom. The van der Waals surface area contributed by atoms with Crippen LogP contribution in [0.3, 0.4) is 0 Å². The van der Waals surface area contributed by atoms with Gasteiger partial charge in [-0.1, -0.05) is 0 Å². The van der Waals surface area contributed by atoms with E-state index < -0.39 is 7.74 Å². The van der Waals surface area contributed by atoms with E-state index in [-0.39, 0.29) is 0 Å². The normalized spacial score (nSPS) is 19.5. The quantitative estimate of drug-likeness (QED) is 0.508. The van der Waals surface area contributed by atoms with E-state index in [1.165, 1.54) is 21.3 Å². The molecule has 0 saturated carbocycles. The van der Waals surface area contributed by atoms with Crippen LogP contribution in [0.4, 0.5) is 0 Å². The molecule has 0 radical (unpaired) electrons. The van der Waals surface area contributed by atoms with E-state index in [1.54, 1.807) is 0 Å². The summed E-state index contributed by atoms with van der Waals surface area (Å²) in [6, 6.07) is 16.0. The summed E-state index contributed by atoms with van der Waals surface area (Å²) in [5.41, 5.74) is 0. The third-order valence-corrected chi connectivity index (χ3v) is 6.97. The first kappa shape index (κ1) is 14.7. The SMILES string of the molecule is COP1(OC)(OC)Oc2c(c3ccccc3c3ccccc23)O1. The first-order valence-electron chi connectivity index (χ1n) is 7.20. The van der Waals surface area contributed by atoms with Gasteiger partial charge >= 0.3 is 133 Å². The molecule has 0 saturated heterocycles. The summed E-state index contributed by atoms with van der Waals surface area (Å²) in [6.07, 6.45) is 0. The van der Waals surface area contributed by atoms with Crippen LogP contribution < -0.4 is 9.05 Å². The molecule has 0 bridgehead atoms. The topological polar surface area (TPSA) is 46.2 Å². The molecule has 6 heteroatoms. The Kier molecular flexibility index (Phi) is 3.06. The minimum atomic E-state index is -4.13. The zero-order valence-corrected chi connectivity index (χ0v) is 14.0. The number of benzene rings is 3. The fourth-order valence-corrected chi connectivity index (χ4v) is 4.91. The molecule has 3 aromatic carbocycles. The van der Waals surface area contributed by atoms with Crippen molar-refractivity contribution in [2.45, 2.75) is 0 Å². The fourth-order valence-electron chi connectivity index (χ4n) is 3.02. The Labute approximate surface area is 134 Å². The first-order chi connectivity index (χ1) is 11.2. The Balaban J connectivity index is 2.13. The van der Waals surface area contributed by atoms with Crippen molar-refractivity contribution >= 4 is 29.3 Å². The van der Waals surface area contributed by atoms with Crippen LogP contribution >= 0.6 is 7.74 Å². The van der Waals surface area contributed by atoms with Gasteiger partial charge in [-0.2, -0.15) is 0 Å². The molecule has 1 aliphatic rings. The Bertz CT molecular complexity index is 840. The van der Waals surface area contributed by atoms with Gasteiger partial charge in [-0.15, -0.1) is 0 Å². The van der Waals surface area contributed by atoms with E-state index in [9.17, 15) is 0 Å². The van der Waals surface area contributed by atoms with Crippen molar-refractivity contribution in [3.05, 3.63) is 48.5 Å². The molecule has 1 aliphatic heterocycles. The second-order valence-electron chi connectivity index (χ2n) is 5.23. The van der Waals surface area contributed by atoms with Gasteiger partial charge in [-0.3, -0.25) is 0 Å². The Morgan fingerprint density at radius 3 is 1.30 bits per heavy atom. The predicted octanol–water partition coefficient (Wildman–Crippen LogP) is 4.83. The average Bonchev–Trinajstić information content (AvgIpc) is 3.00. The van der Waals surface area contributed by atoms with Gasteiger partial charge < -0.3 is 0 Å². The molecule has 0 aromatic heterocycles. The molecule has 0 spiro atoms. The van der Waals surface area contributed by atoms with Gasteiger partial charge in [0.25, 0.3) is 0 Å². The Hall–Kier alpha value is -1.91. The summed E-state index contributed by atoms with van der Waals surface area (Å²) in [5, 5.41) is 4.01. The van der Waals surface area contributed by atoms with Gasteiger partial charge in [0.05, 0.1) is 0 Å². The fraction of sp³-hybridized carbons (Fsp3) is 0.176. The molecule has 0 atom stereocenters. The zero-order chi connectivity index (χ0) is 16.1. The van der Waals surface area contributed by atoms with Gasteiger partial charge in [0.2, 0.25) is 0 Å². The number of hydrogen-bond donors (Lipinski definition) is 0. The summed E-state index contributed by atoms with van der Waals surface area (Å²) in [7, 11) is 0.250. The van der Waals surface area contributed by atoms with Crippen molar-refractivity contribution < 1.29 is 22.6 Å². The van der Waals surface area contributed by atoms with Crippen LogP contribution in [0.25, 0.3) is 21.5 Å². The van der Waals surface area contributed by atoms with E-state index in [0.717, 1.165) is 21.5 Å². The molecular formula is C17H17O5P. The number of hydrogen-bond acceptors (Lipinski definition) is 5. The molecule has 0 fully saturated rings. The molecular weight excluding hydrogens is 315 g/mol. The van der Waals surface area contributed by atoms with Crippen LogP contribution in [0.2, 0.25) is 0 Å². The monoisotopic (exact) mass is 332 g/mol. The molecule has 4 rings (SSSR count). The summed E-state index contributed by atoms with van der Waals surface area (Å²) in [5.74, 6) is 1.17. The maximum atomic E-state index is 6.09. The van der Waals surface area contributed by atoms with E-state index in [2.05, 4.69) is 12.1 Å². The van der Waals surface area contributed by atoms with Crippen molar-refractivity contribution in [3.63, 3.8) is 0 Å². The van der Waals surface area contributed by atoms with Crippen LogP contribution in [0, 0.1) is 0 Å². The van der Waals surface area contributed by atoms with Gasteiger partial charge in [-0.05, 0) is 0 Å². The number of fused-ring (bicyclic) bond motifs is 6. The first-order valence-corrected chi connectivity index (χ1v) is 9.03. The van der Waals surface area contributed by atoms with Gasteiger partial charge in [0.1, 0.15) is 0 Å². The standard InChI is InChI=1S/C17H17O5P/c1-18-23(19-2,20-3)21-16-14-10-6-4-8-12(14)13-9-5-7-11-15(13)17(16)22-23/h4-11H,1-3H3. The molecule has 3 aromatic rings. The van der Waals surface area contributed by atoms with Crippen LogP contribution in [-0.2, 0) is 13.6 Å². The molecule has 1 heterocycles. The van der Waals surface area contributed by atoms with Gasteiger partial charge in [-0.25, -0.2) is 0 Å². The minimum absolute atomic E-state index is 0.586. The Morgan fingerprint density at radius 1 is 0.609 bits per heavy atom. The van der Waals surface area contributed by atoms with E-state index in [0.29, 0.717) is 11.5 Å². The van der Waals surface area contributed by atoms with Crippen LogP contribution in [0.15, 0.2) is 48.5 Å².